The van der Waals surface area contributed by atoms with E-state index < -0.39 is 0 Å². The first-order valence-corrected chi connectivity index (χ1v) is 3.93. The second kappa shape index (κ2) is 4.73. The fourth-order valence-electron chi connectivity index (χ4n) is 1.10. The Kier molecular flexibility index (Phi) is 3.33. The summed E-state index contributed by atoms with van der Waals surface area (Å²) in [4.78, 5) is 20.8. The third-order valence-corrected chi connectivity index (χ3v) is 1.73. The van der Waals surface area contributed by atoms with Crippen molar-refractivity contribution >= 4 is 18.6 Å². The first kappa shape index (κ1) is 9.87. The van der Waals surface area contributed by atoms with Crippen LogP contribution in [0.15, 0.2) is 24.3 Å². The van der Waals surface area contributed by atoms with Gasteiger partial charge in [0.2, 0.25) is 0 Å². The van der Waals surface area contributed by atoms with Gasteiger partial charge in [-0.25, -0.2) is 0 Å². The number of nitriles is 1. The van der Waals surface area contributed by atoms with Crippen LogP contribution in [-0.2, 0) is 4.79 Å². The Morgan fingerprint density at radius 3 is 2.64 bits per heavy atom. The van der Waals surface area contributed by atoms with Crippen molar-refractivity contribution < 1.29 is 9.59 Å². The molecule has 14 heavy (non-hydrogen) atoms. The van der Waals surface area contributed by atoms with Gasteiger partial charge < -0.3 is 0 Å². The summed E-state index contributed by atoms with van der Waals surface area (Å²) in [5.74, 6) is 0. The summed E-state index contributed by atoms with van der Waals surface area (Å²) in [5, 5.41) is 8.70. The molecule has 0 unspecified atom stereocenters. The number of rotatable bonds is 3. The molecule has 1 aromatic rings. The number of nitrogens with zero attached hydrogens (tertiary/aromatic N) is 1. The van der Waals surface area contributed by atoms with Crippen LogP contribution >= 0.6 is 0 Å². The van der Waals surface area contributed by atoms with Crippen LogP contribution in [0.1, 0.15) is 21.5 Å². The van der Waals surface area contributed by atoms with Crippen molar-refractivity contribution in [2.45, 2.75) is 0 Å². The first-order valence-electron chi connectivity index (χ1n) is 3.93. The fourth-order valence-corrected chi connectivity index (χ4v) is 1.10. The van der Waals surface area contributed by atoms with Crippen molar-refractivity contribution in [3.63, 3.8) is 0 Å². The number of carbonyl (C=O) groups excluding carboxylic acids is 2. The molecule has 3 heteroatoms. The van der Waals surface area contributed by atoms with E-state index in [4.69, 9.17) is 5.26 Å². The molecule has 1 aromatic carbocycles. The lowest BCUT2D eigenvalue weighted by Crippen LogP contribution is -1.91. The van der Waals surface area contributed by atoms with E-state index in [0.29, 0.717) is 29.3 Å². The predicted octanol–water partition coefficient (Wildman–Crippen LogP) is 1.58. The quantitative estimate of drug-likeness (QED) is 0.530. The van der Waals surface area contributed by atoms with Crippen LogP contribution in [0.3, 0.4) is 0 Å². The third-order valence-electron chi connectivity index (χ3n) is 1.73. The minimum Gasteiger partial charge on any atom is -0.299 e. The molecule has 0 amide bonds. The van der Waals surface area contributed by atoms with Crippen molar-refractivity contribution in [3.8, 4) is 6.07 Å². The molecule has 3 nitrogen and oxygen atoms in total. The molecule has 0 heterocycles. The van der Waals surface area contributed by atoms with E-state index in [1.165, 1.54) is 12.2 Å². The van der Waals surface area contributed by atoms with E-state index in [0.717, 1.165) is 0 Å². The maximum atomic E-state index is 10.7. The van der Waals surface area contributed by atoms with E-state index in [2.05, 4.69) is 0 Å². The zero-order valence-electron chi connectivity index (χ0n) is 7.31. The van der Waals surface area contributed by atoms with Crippen molar-refractivity contribution in [1.29, 1.82) is 5.26 Å². The molecule has 0 atom stereocenters. The summed E-state index contributed by atoms with van der Waals surface area (Å²) < 4.78 is 0. The van der Waals surface area contributed by atoms with Crippen LogP contribution < -0.4 is 0 Å². The van der Waals surface area contributed by atoms with Gasteiger partial charge in [0.25, 0.3) is 0 Å². The van der Waals surface area contributed by atoms with Crippen LogP contribution in [0.25, 0.3) is 6.08 Å². The molecule has 0 bridgehead atoms. The number of allylic oxidation sites excluding steroid dienone is 1. The summed E-state index contributed by atoms with van der Waals surface area (Å²) in [6, 6.07) is 6.80. The van der Waals surface area contributed by atoms with E-state index in [-0.39, 0.29) is 0 Å². The van der Waals surface area contributed by atoms with Crippen LogP contribution in [0.4, 0.5) is 0 Å². The van der Waals surface area contributed by atoms with Gasteiger partial charge in [-0.15, -0.1) is 0 Å². The van der Waals surface area contributed by atoms with Crippen molar-refractivity contribution in [3.05, 3.63) is 41.0 Å². The highest BCUT2D eigenvalue weighted by Crippen LogP contribution is 2.13. The lowest BCUT2D eigenvalue weighted by atomic mass is 10.0. The molecule has 1 rings (SSSR count). The van der Waals surface area contributed by atoms with Crippen molar-refractivity contribution in [1.82, 2.24) is 0 Å². The molecule has 68 valence electrons. The zero-order valence-corrected chi connectivity index (χ0v) is 7.31. The van der Waals surface area contributed by atoms with Crippen LogP contribution in [0, 0.1) is 11.3 Å². The van der Waals surface area contributed by atoms with Gasteiger partial charge in [-0.2, -0.15) is 5.26 Å². The molecular weight excluding hydrogens is 178 g/mol. The zero-order chi connectivity index (χ0) is 10.4. The van der Waals surface area contributed by atoms with E-state index in [1.807, 2.05) is 6.07 Å². The molecule has 0 spiro atoms. The number of benzene rings is 1. The number of hydrogen-bond donors (Lipinski definition) is 0. The fraction of sp³-hybridized carbons (Fsp3) is 0. The Hall–Kier alpha value is -2.21. The smallest absolute Gasteiger partial charge is 0.151 e. The molecule has 0 saturated heterocycles. The third kappa shape index (κ3) is 1.93. The molecule has 0 N–H and O–H groups in total. The van der Waals surface area contributed by atoms with E-state index in [9.17, 15) is 9.59 Å². The molecule has 0 aliphatic carbocycles. The van der Waals surface area contributed by atoms with Gasteiger partial charge in [-0.3, -0.25) is 9.59 Å². The largest absolute Gasteiger partial charge is 0.299 e. The predicted molar refractivity (Wildman–Crippen MR) is 51.6 cm³/mol. The highest BCUT2D eigenvalue weighted by Gasteiger charge is 2.03. The number of hydrogen-bond acceptors (Lipinski definition) is 3. The van der Waals surface area contributed by atoms with Gasteiger partial charge in [0.1, 0.15) is 6.29 Å². The SMILES string of the molecule is N#Cc1cccc(/C=C/C=O)c1C=O. The second-order valence-corrected chi connectivity index (χ2v) is 2.53. The minimum atomic E-state index is 0.313. The van der Waals surface area contributed by atoms with Gasteiger partial charge in [0, 0.05) is 5.56 Å². The van der Waals surface area contributed by atoms with Crippen molar-refractivity contribution in [2.75, 3.05) is 0 Å². The second-order valence-electron chi connectivity index (χ2n) is 2.53. The lowest BCUT2D eigenvalue weighted by Gasteiger charge is -1.99. The topological polar surface area (TPSA) is 57.9 Å². The highest BCUT2D eigenvalue weighted by molar-refractivity contribution is 5.87. The van der Waals surface area contributed by atoms with Crippen LogP contribution in [0.2, 0.25) is 0 Å². The number of aldehydes is 2. The van der Waals surface area contributed by atoms with Gasteiger partial charge in [-0.1, -0.05) is 18.2 Å². The summed E-state index contributed by atoms with van der Waals surface area (Å²) in [5.41, 5.74) is 1.20. The average molecular weight is 185 g/mol. The first-order chi connectivity index (χ1) is 6.83. The van der Waals surface area contributed by atoms with E-state index >= 15 is 0 Å². The molecule has 0 aliphatic rings. The van der Waals surface area contributed by atoms with Crippen LogP contribution in [0.5, 0.6) is 0 Å². The highest BCUT2D eigenvalue weighted by atomic mass is 16.1. The molecule has 0 aliphatic heterocycles. The Bertz CT molecular complexity index is 427. The van der Waals surface area contributed by atoms with Crippen molar-refractivity contribution in [2.24, 2.45) is 0 Å². The Morgan fingerprint density at radius 2 is 2.07 bits per heavy atom. The summed E-state index contributed by atoms with van der Waals surface area (Å²) in [6.07, 6.45) is 4.01. The number of carbonyl (C=O) groups is 2. The molecule has 0 saturated carbocycles. The summed E-state index contributed by atoms with van der Waals surface area (Å²) in [7, 11) is 0. The molecular formula is C11H7NO2. The van der Waals surface area contributed by atoms with Gasteiger partial charge in [0.15, 0.2) is 6.29 Å². The monoisotopic (exact) mass is 185 g/mol. The van der Waals surface area contributed by atoms with Crippen LogP contribution in [-0.4, -0.2) is 12.6 Å². The van der Waals surface area contributed by atoms with Gasteiger partial charge in [0.05, 0.1) is 11.6 Å². The standard InChI is InChI=1S/C11H7NO2/c12-7-10-4-1-3-9(5-2-6-13)11(10)8-14/h1-6,8H/b5-2+. The maximum absolute atomic E-state index is 10.7. The van der Waals surface area contributed by atoms with Gasteiger partial charge >= 0.3 is 0 Å². The Balaban J connectivity index is 3.30. The normalized spacial score (nSPS) is 9.64. The maximum Gasteiger partial charge on any atom is 0.151 e. The molecule has 0 fully saturated rings. The van der Waals surface area contributed by atoms with E-state index in [1.54, 1.807) is 18.2 Å². The van der Waals surface area contributed by atoms with Gasteiger partial charge in [-0.05, 0) is 17.7 Å². The Morgan fingerprint density at radius 1 is 1.29 bits per heavy atom. The summed E-state index contributed by atoms with van der Waals surface area (Å²) in [6.45, 7) is 0. The molecule has 0 aromatic heterocycles. The lowest BCUT2D eigenvalue weighted by molar-refractivity contribution is -0.104. The summed E-state index contributed by atoms with van der Waals surface area (Å²) >= 11 is 0. The average Bonchev–Trinajstić information content (AvgIpc) is 2.25. The molecule has 0 radical (unpaired) electrons. The minimum absolute atomic E-state index is 0.313. The Labute approximate surface area is 81.3 Å².